The van der Waals surface area contributed by atoms with Gasteiger partial charge in [0.05, 0.1) is 5.41 Å². The summed E-state index contributed by atoms with van der Waals surface area (Å²) in [4.78, 5) is 33.7. The molecule has 1 rings (SSSR count). The molecule has 20 heavy (non-hydrogen) atoms. The first-order chi connectivity index (χ1) is 9.20. The fourth-order valence-electron chi connectivity index (χ4n) is 1.56. The minimum Gasteiger partial charge on any atom is -0.481 e. The lowest BCUT2D eigenvalue weighted by atomic mass is 9.89. The van der Waals surface area contributed by atoms with Crippen molar-refractivity contribution in [3.05, 3.63) is 24.3 Å². The van der Waals surface area contributed by atoms with Gasteiger partial charge >= 0.3 is 5.97 Å². The van der Waals surface area contributed by atoms with Crippen LogP contribution in [-0.2, 0) is 14.4 Å². The molecule has 6 nitrogen and oxygen atoms in total. The molecule has 0 heterocycles. The van der Waals surface area contributed by atoms with E-state index in [4.69, 9.17) is 5.11 Å². The van der Waals surface area contributed by atoms with Crippen LogP contribution in [0.15, 0.2) is 24.3 Å². The van der Waals surface area contributed by atoms with Crippen LogP contribution in [-0.4, -0.2) is 22.9 Å². The third-order valence-corrected chi connectivity index (χ3v) is 2.65. The largest absolute Gasteiger partial charge is 0.481 e. The predicted molar refractivity (Wildman–Crippen MR) is 75.4 cm³/mol. The van der Waals surface area contributed by atoms with Gasteiger partial charge in [0.1, 0.15) is 0 Å². The third-order valence-electron chi connectivity index (χ3n) is 2.65. The van der Waals surface area contributed by atoms with Crippen LogP contribution < -0.4 is 10.6 Å². The highest BCUT2D eigenvalue weighted by Crippen LogP contribution is 2.22. The van der Waals surface area contributed by atoms with Gasteiger partial charge in [-0.1, -0.05) is 6.07 Å². The van der Waals surface area contributed by atoms with Gasteiger partial charge in [-0.15, -0.1) is 0 Å². The molecule has 0 unspecified atom stereocenters. The molecule has 0 spiro atoms. The van der Waals surface area contributed by atoms with Crippen molar-refractivity contribution in [1.82, 2.24) is 0 Å². The van der Waals surface area contributed by atoms with Crippen molar-refractivity contribution in [2.45, 2.75) is 27.2 Å². The van der Waals surface area contributed by atoms with E-state index in [1.165, 1.54) is 20.8 Å². The first-order valence-electron chi connectivity index (χ1n) is 6.11. The standard InChI is InChI=1S/C14H18N2O4/c1-9(17)15-10-5-4-6-11(7-10)16-12(18)8-14(2,3)13(19)20/h4-7H,8H2,1-3H3,(H,15,17)(H,16,18)(H,19,20). The number of carboxylic acid groups (broad SMARTS) is 1. The monoisotopic (exact) mass is 278 g/mol. The highest BCUT2D eigenvalue weighted by atomic mass is 16.4. The van der Waals surface area contributed by atoms with Crippen LogP contribution >= 0.6 is 0 Å². The molecule has 0 fully saturated rings. The third kappa shape index (κ3) is 4.72. The van der Waals surface area contributed by atoms with Crippen LogP contribution in [0.5, 0.6) is 0 Å². The maximum absolute atomic E-state index is 11.8. The van der Waals surface area contributed by atoms with E-state index in [0.717, 1.165) is 0 Å². The Kier molecular flexibility index (Phi) is 4.85. The Morgan fingerprint density at radius 2 is 1.70 bits per heavy atom. The second kappa shape index (κ2) is 6.18. The number of amides is 2. The number of anilines is 2. The molecule has 0 saturated heterocycles. The summed E-state index contributed by atoms with van der Waals surface area (Å²) < 4.78 is 0. The van der Waals surface area contributed by atoms with Crippen LogP contribution in [0, 0.1) is 5.41 Å². The lowest BCUT2D eigenvalue weighted by molar-refractivity contribution is -0.149. The first-order valence-corrected chi connectivity index (χ1v) is 6.11. The smallest absolute Gasteiger partial charge is 0.309 e. The number of hydrogen-bond acceptors (Lipinski definition) is 3. The summed E-state index contributed by atoms with van der Waals surface area (Å²) in [6.45, 7) is 4.37. The topological polar surface area (TPSA) is 95.5 Å². The van der Waals surface area contributed by atoms with E-state index >= 15 is 0 Å². The molecule has 6 heteroatoms. The second-order valence-corrected chi connectivity index (χ2v) is 5.18. The van der Waals surface area contributed by atoms with E-state index in [2.05, 4.69) is 10.6 Å². The van der Waals surface area contributed by atoms with E-state index in [9.17, 15) is 14.4 Å². The minimum atomic E-state index is -1.13. The van der Waals surface area contributed by atoms with Crippen LogP contribution in [0.1, 0.15) is 27.2 Å². The van der Waals surface area contributed by atoms with Crippen molar-refractivity contribution < 1.29 is 19.5 Å². The van der Waals surface area contributed by atoms with Crippen molar-refractivity contribution in [2.75, 3.05) is 10.6 Å². The fraction of sp³-hybridized carbons (Fsp3) is 0.357. The zero-order chi connectivity index (χ0) is 15.3. The van der Waals surface area contributed by atoms with Gasteiger partial charge in [-0.3, -0.25) is 14.4 Å². The quantitative estimate of drug-likeness (QED) is 0.768. The van der Waals surface area contributed by atoms with Gasteiger partial charge in [-0.2, -0.15) is 0 Å². The molecule has 0 atom stereocenters. The highest BCUT2D eigenvalue weighted by Gasteiger charge is 2.30. The molecule has 2 amide bonds. The molecule has 0 radical (unpaired) electrons. The van der Waals surface area contributed by atoms with Gasteiger partial charge < -0.3 is 15.7 Å². The Morgan fingerprint density at radius 3 is 2.20 bits per heavy atom. The predicted octanol–water partition coefficient (Wildman–Crippen LogP) is 2.08. The summed E-state index contributed by atoms with van der Waals surface area (Å²) in [7, 11) is 0. The van der Waals surface area contributed by atoms with Gasteiger partial charge in [0.15, 0.2) is 0 Å². The molecular formula is C14H18N2O4. The number of nitrogens with one attached hydrogen (secondary N) is 2. The SMILES string of the molecule is CC(=O)Nc1cccc(NC(=O)CC(C)(C)C(=O)O)c1. The molecule has 1 aromatic rings. The maximum Gasteiger partial charge on any atom is 0.309 e. The molecular weight excluding hydrogens is 260 g/mol. The van der Waals surface area contributed by atoms with Gasteiger partial charge in [0.25, 0.3) is 0 Å². The number of carbonyl (C=O) groups excluding carboxylic acids is 2. The molecule has 0 saturated carbocycles. The molecule has 0 bridgehead atoms. The number of hydrogen-bond donors (Lipinski definition) is 3. The Bertz CT molecular complexity index is 538. The Hall–Kier alpha value is -2.37. The van der Waals surface area contributed by atoms with E-state index < -0.39 is 17.3 Å². The van der Waals surface area contributed by atoms with Crippen LogP contribution in [0.3, 0.4) is 0 Å². The summed E-state index contributed by atoms with van der Waals surface area (Å²) in [5.41, 5.74) is -0.0606. The van der Waals surface area contributed by atoms with Crippen LogP contribution in [0.25, 0.3) is 0 Å². The van der Waals surface area contributed by atoms with E-state index in [1.807, 2.05) is 0 Å². The molecule has 0 aliphatic heterocycles. The number of carbonyl (C=O) groups is 3. The van der Waals surface area contributed by atoms with E-state index in [1.54, 1.807) is 24.3 Å². The van der Waals surface area contributed by atoms with Gasteiger partial charge in [-0.05, 0) is 32.0 Å². The zero-order valence-corrected chi connectivity index (χ0v) is 11.7. The molecule has 1 aromatic carbocycles. The van der Waals surface area contributed by atoms with Crippen molar-refractivity contribution in [3.63, 3.8) is 0 Å². The second-order valence-electron chi connectivity index (χ2n) is 5.18. The van der Waals surface area contributed by atoms with Crippen molar-refractivity contribution >= 4 is 29.2 Å². The summed E-state index contributed by atoms with van der Waals surface area (Å²) in [5, 5.41) is 14.2. The molecule has 108 valence electrons. The number of benzene rings is 1. The fourth-order valence-corrected chi connectivity index (χ4v) is 1.56. The Balaban J connectivity index is 2.71. The average Bonchev–Trinajstić information content (AvgIpc) is 2.26. The van der Waals surface area contributed by atoms with Crippen LogP contribution in [0.2, 0.25) is 0 Å². The Morgan fingerprint density at radius 1 is 1.15 bits per heavy atom. The van der Waals surface area contributed by atoms with E-state index in [0.29, 0.717) is 11.4 Å². The van der Waals surface area contributed by atoms with Crippen molar-refractivity contribution in [3.8, 4) is 0 Å². The summed E-state index contributed by atoms with van der Waals surface area (Å²) >= 11 is 0. The highest BCUT2D eigenvalue weighted by molar-refractivity contribution is 5.95. The first kappa shape index (κ1) is 15.7. The van der Waals surface area contributed by atoms with Gasteiger partial charge in [0.2, 0.25) is 11.8 Å². The number of aliphatic carboxylic acids is 1. The lowest BCUT2D eigenvalue weighted by Gasteiger charge is -2.18. The van der Waals surface area contributed by atoms with Crippen LogP contribution in [0.4, 0.5) is 11.4 Å². The molecule has 0 aliphatic rings. The minimum absolute atomic E-state index is 0.132. The average molecular weight is 278 g/mol. The van der Waals surface area contributed by atoms with Crippen molar-refractivity contribution in [1.29, 1.82) is 0 Å². The molecule has 0 aromatic heterocycles. The van der Waals surface area contributed by atoms with Gasteiger partial charge in [-0.25, -0.2) is 0 Å². The maximum atomic E-state index is 11.8. The summed E-state index contributed by atoms with van der Waals surface area (Å²) in [5.74, 6) is -1.63. The lowest BCUT2D eigenvalue weighted by Crippen LogP contribution is -2.29. The zero-order valence-electron chi connectivity index (χ0n) is 11.7. The van der Waals surface area contributed by atoms with E-state index in [-0.39, 0.29) is 12.3 Å². The normalized spacial score (nSPS) is 10.8. The Labute approximate surface area is 117 Å². The number of carboxylic acids is 1. The van der Waals surface area contributed by atoms with Crippen molar-refractivity contribution in [2.24, 2.45) is 5.41 Å². The molecule has 0 aliphatic carbocycles. The summed E-state index contributed by atoms with van der Waals surface area (Å²) in [6.07, 6.45) is -0.132. The molecule has 3 N–H and O–H groups in total. The summed E-state index contributed by atoms with van der Waals surface area (Å²) in [6, 6.07) is 6.64. The van der Waals surface area contributed by atoms with Gasteiger partial charge in [0, 0.05) is 24.7 Å². The number of rotatable bonds is 5.